The number of aliphatic hydroxyl groups excluding tert-OH is 2. The summed E-state index contributed by atoms with van der Waals surface area (Å²) in [6, 6.07) is 0. The highest BCUT2D eigenvalue weighted by Gasteiger charge is 2.40. The van der Waals surface area contributed by atoms with Crippen molar-refractivity contribution in [1.29, 1.82) is 0 Å². The molecule has 108 valence electrons. The summed E-state index contributed by atoms with van der Waals surface area (Å²) in [4.78, 5) is 0. The topological polar surface area (TPSA) is 61.7 Å². The Morgan fingerprint density at radius 3 is 2.67 bits per heavy atom. The molecule has 0 amide bonds. The third kappa shape index (κ3) is 5.65. The van der Waals surface area contributed by atoms with Crippen molar-refractivity contribution >= 4 is 0 Å². The molecule has 1 rings (SSSR count). The van der Waals surface area contributed by atoms with E-state index in [1.807, 2.05) is 13.8 Å². The molecule has 1 aliphatic rings. The fourth-order valence-corrected chi connectivity index (χ4v) is 2.77. The van der Waals surface area contributed by atoms with Gasteiger partial charge in [0.15, 0.2) is 0 Å². The van der Waals surface area contributed by atoms with Crippen LogP contribution in [0.4, 0.5) is 0 Å². The van der Waals surface area contributed by atoms with Gasteiger partial charge in [0, 0.05) is 13.2 Å². The second-order valence-electron chi connectivity index (χ2n) is 5.62. The lowest BCUT2D eigenvalue weighted by atomic mass is 9.95. The SMILES string of the molecule is CCC(CCNC(O)OC(C)C)C1CC1CCO. The Morgan fingerprint density at radius 2 is 2.11 bits per heavy atom. The van der Waals surface area contributed by atoms with Crippen LogP contribution in [-0.2, 0) is 4.74 Å². The van der Waals surface area contributed by atoms with Crippen LogP contribution in [0.15, 0.2) is 0 Å². The van der Waals surface area contributed by atoms with E-state index in [4.69, 9.17) is 9.84 Å². The van der Waals surface area contributed by atoms with E-state index < -0.39 is 6.41 Å². The van der Waals surface area contributed by atoms with Gasteiger partial charge in [-0.2, -0.15) is 0 Å². The predicted octanol–water partition coefficient (Wildman–Crippen LogP) is 1.71. The van der Waals surface area contributed by atoms with Crippen LogP contribution < -0.4 is 5.32 Å². The molecule has 4 unspecified atom stereocenters. The summed E-state index contributed by atoms with van der Waals surface area (Å²) in [7, 11) is 0. The van der Waals surface area contributed by atoms with Gasteiger partial charge in [-0.15, -0.1) is 0 Å². The van der Waals surface area contributed by atoms with Crippen molar-refractivity contribution in [3.8, 4) is 0 Å². The van der Waals surface area contributed by atoms with Gasteiger partial charge in [-0.3, -0.25) is 5.32 Å². The molecule has 3 N–H and O–H groups in total. The number of aliphatic hydroxyl groups is 2. The lowest BCUT2D eigenvalue weighted by molar-refractivity contribution is -0.144. The van der Waals surface area contributed by atoms with E-state index in [0.717, 1.165) is 31.2 Å². The Kier molecular flexibility index (Phi) is 7.15. The molecule has 1 saturated carbocycles. The summed E-state index contributed by atoms with van der Waals surface area (Å²) >= 11 is 0. The molecular formula is C14H29NO3. The zero-order valence-corrected chi connectivity index (χ0v) is 11.9. The van der Waals surface area contributed by atoms with Gasteiger partial charge in [0.25, 0.3) is 0 Å². The van der Waals surface area contributed by atoms with Gasteiger partial charge in [-0.05, 0) is 50.9 Å². The maximum Gasteiger partial charge on any atom is 0.213 e. The van der Waals surface area contributed by atoms with Gasteiger partial charge < -0.3 is 14.9 Å². The zero-order valence-electron chi connectivity index (χ0n) is 11.9. The van der Waals surface area contributed by atoms with Crippen LogP contribution in [0.25, 0.3) is 0 Å². The maximum atomic E-state index is 9.53. The Balaban J connectivity index is 2.13. The second kappa shape index (κ2) is 8.10. The van der Waals surface area contributed by atoms with Gasteiger partial charge in [0.05, 0.1) is 6.10 Å². The minimum absolute atomic E-state index is 0.0341. The lowest BCUT2D eigenvalue weighted by Gasteiger charge is -2.19. The van der Waals surface area contributed by atoms with E-state index in [9.17, 15) is 5.11 Å². The minimum atomic E-state index is -0.852. The van der Waals surface area contributed by atoms with E-state index in [0.29, 0.717) is 12.5 Å². The molecule has 4 heteroatoms. The first-order valence-corrected chi connectivity index (χ1v) is 7.26. The van der Waals surface area contributed by atoms with E-state index >= 15 is 0 Å². The highest BCUT2D eigenvalue weighted by molar-refractivity contribution is 4.90. The maximum absolute atomic E-state index is 9.53. The van der Waals surface area contributed by atoms with Crippen molar-refractivity contribution in [2.24, 2.45) is 17.8 Å². The van der Waals surface area contributed by atoms with Crippen molar-refractivity contribution in [1.82, 2.24) is 5.32 Å². The van der Waals surface area contributed by atoms with Gasteiger partial charge in [-0.25, -0.2) is 0 Å². The third-order valence-corrected chi connectivity index (χ3v) is 3.84. The molecule has 0 aromatic rings. The van der Waals surface area contributed by atoms with Crippen molar-refractivity contribution in [2.75, 3.05) is 13.2 Å². The number of hydrogen-bond acceptors (Lipinski definition) is 4. The van der Waals surface area contributed by atoms with Crippen molar-refractivity contribution in [3.63, 3.8) is 0 Å². The van der Waals surface area contributed by atoms with Gasteiger partial charge in [0.1, 0.15) is 0 Å². The average molecular weight is 259 g/mol. The first-order valence-electron chi connectivity index (χ1n) is 7.26. The summed E-state index contributed by atoms with van der Waals surface area (Å²) in [5, 5.41) is 21.4. The molecule has 0 aliphatic heterocycles. The van der Waals surface area contributed by atoms with E-state index in [1.165, 1.54) is 12.8 Å². The Morgan fingerprint density at radius 1 is 1.39 bits per heavy atom. The molecule has 1 aliphatic carbocycles. The summed E-state index contributed by atoms with van der Waals surface area (Å²) < 4.78 is 5.21. The fraction of sp³-hybridized carbons (Fsp3) is 1.00. The zero-order chi connectivity index (χ0) is 13.5. The van der Waals surface area contributed by atoms with Crippen LogP contribution in [0.3, 0.4) is 0 Å². The average Bonchev–Trinajstić information content (AvgIpc) is 3.03. The molecule has 0 heterocycles. The third-order valence-electron chi connectivity index (χ3n) is 3.84. The lowest BCUT2D eigenvalue weighted by Crippen LogP contribution is -2.35. The first kappa shape index (κ1) is 15.9. The van der Waals surface area contributed by atoms with Gasteiger partial charge in [0.2, 0.25) is 6.41 Å². The Hall–Kier alpha value is -0.160. The molecule has 0 aromatic carbocycles. The molecule has 4 atom stereocenters. The van der Waals surface area contributed by atoms with Crippen LogP contribution in [0.2, 0.25) is 0 Å². The molecule has 1 fully saturated rings. The second-order valence-corrected chi connectivity index (χ2v) is 5.62. The van der Waals surface area contributed by atoms with Crippen molar-refractivity contribution in [3.05, 3.63) is 0 Å². The van der Waals surface area contributed by atoms with Gasteiger partial charge >= 0.3 is 0 Å². The Bertz CT molecular complexity index is 223. The van der Waals surface area contributed by atoms with Gasteiger partial charge in [-0.1, -0.05) is 13.3 Å². The molecule has 0 spiro atoms. The summed E-state index contributed by atoms with van der Waals surface area (Å²) in [5.74, 6) is 2.23. The van der Waals surface area contributed by atoms with Crippen molar-refractivity contribution < 1.29 is 14.9 Å². The molecule has 0 aromatic heterocycles. The highest BCUT2D eigenvalue weighted by Crippen LogP contribution is 2.48. The highest BCUT2D eigenvalue weighted by atomic mass is 16.6. The van der Waals surface area contributed by atoms with Crippen LogP contribution in [0, 0.1) is 17.8 Å². The standard InChI is InChI=1S/C14H29NO3/c1-4-11(13-9-12(13)6-8-16)5-7-15-14(17)18-10(2)3/h10-17H,4-9H2,1-3H3. The quantitative estimate of drug-likeness (QED) is 0.523. The van der Waals surface area contributed by atoms with Crippen LogP contribution in [-0.4, -0.2) is 35.9 Å². The van der Waals surface area contributed by atoms with Crippen LogP contribution in [0.5, 0.6) is 0 Å². The monoisotopic (exact) mass is 259 g/mol. The molecule has 4 nitrogen and oxygen atoms in total. The summed E-state index contributed by atoms with van der Waals surface area (Å²) in [5.41, 5.74) is 0. The number of ether oxygens (including phenoxy) is 1. The van der Waals surface area contributed by atoms with Crippen LogP contribution in [0.1, 0.15) is 46.5 Å². The molecule has 18 heavy (non-hydrogen) atoms. The van der Waals surface area contributed by atoms with E-state index in [1.54, 1.807) is 0 Å². The molecule has 0 radical (unpaired) electrons. The minimum Gasteiger partial charge on any atom is -0.396 e. The molecule has 0 bridgehead atoms. The number of nitrogens with one attached hydrogen (secondary N) is 1. The number of hydrogen-bond donors (Lipinski definition) is 3. The Labute approximate surface area is 111 Å². The molecule has 0 saturated heterocycles. The largest absolute Gasteiger partial charge is 0.396 e. The first-order chi connectivity index (χ1) is 8.58. The fourth-order valence-electron chi connectivity index (χ4n) is 2.77. The van der Waals surface area contributed by atoms with E-state index in [-0.39, 0.29) is 6.10 Å². The number of rotatable bonds is 10. The van der Waals surface area contributed by atoms with Crippen molar-refractivity contribution in [2.45, 2.75) is 59.0 Å². The smallest absolute Gasteiger partial charge is 0.213 e. The molecular weight excluding hydrogens is 230 g/mol. The predicted molar refractivity (Wildman–Crippen MR) is 71.9 cm³/mol. The summed E-state index contributed by atoms with van der Waals surface area (Å²) in [6.07, 6.45) is 3.65. The summed E-state index contributed by atoms with van der Waals surface area (Å²) in [6.45, 7) is 7.14. The van der Waals surface area contributed by atoms with Crippen LogP contribution >= 0.6 is 0 Å². The van der Waals surface area contributed by atoms with E-state index in [2.05, 4.69) is 12.2 Å². The normalized spacial score (nSPS) is 26.3.